The average molecular weight is 282 g/mol. The first-order valence-corrected chi connectivity index (χ1v) is 6.09. The van der Waals surface area contributed by atoms with E-state index in [2.05, 4.69) is 0 Å². The molecule has 0 spiro atoms. The van der Waals surface area contributed by atoms with Gasteiger partial charge in [-0.3, -0.25) is 0 Å². The number of aliphatic hydroxyl groups excluding tert-OH is 1. The van der Waals surface area contributed by atoms with Crippen LogP contribution >= 0.6 is 0 Å². The summed E-state index contributed by atoms with van der Waals surface area (Å²) in [6, 6.07) is 5.81. The van der Waals surface area contributed by atoms with E-state index in [1.807, 2.05) is 0 Å². The molecule has 1 rings (SSSR count). The SMILES string of the molecule is COc1ccc(C(C=O)C(O)S(=O)(=O)[O-])cc1.[Na+]. The molecule has 0 radical (unpaired) electrons. The van der Waals surface area contributed by atoms with Gasteiger partial charge in [0.15, 0.2) is 5.44 Å². The number of aliphatic hydroxyl groups is 1. The summed E-state index contributed by atoms with van der Waals surface area (Å²) >= 11 is 0. The molecule has 18 heavy (non-hydrogen) atoms. The van der Waals surface area contributed by atoms with Crippen molar-refractivity contribution in [2.45, 2.75) is 11.4 Å². The van der Waals surface area contributed by atoms with Gasteiger partial charge in [0, 0.05) is 0 Å². The summed E-state index contributed by atoms with van der Waals surface area (Å²) in [5, 5.41) is 9.26. The smallest absolute Gasteiger partial charge is 0.746 e. The summed E-state index contributed by atoms with van der Waals surface area (Å²) in [6.45, 7) is 0. The zero-order chi connectivity index (χ0) is 13.1. The van der Waals surface area contributed by atoms with Crippen LogP contribution in [-0.2, 0) is 14.9 Å². The van der Waals surface area contributed by atoms with E-state index in [1.54, 1.807) is 0 Å². The predicted molar refractivity (Wildman–Crippen MR) is 57.5 cm³/mol. The van der Waals surface area contributed by atoms with E-state index in [1.165, 1.54) is 31.4 Å². The molecular weight excluding hydrogens is 271 g/mol. The molecule has 1 aromatic carbocycles. The summed E-state index contributed by atoms with van der Waals surface area (Å²) in [5.74, 6) is -0.888. The standard InChI is InChI=1S/C10H12O6S.Na/c1-16-8-4-2-7(3-5-8)9(6-11)10(12)17(13,14)15;/h2-6,9-10,12H,1H3,(H,13,14,15);/q;+1/p-1. The molecule has 0 heterocycles. The second-order valence-corrected chi connectivity index (χ2v) is 4.79. The van der Waals surface area contributed by atoms with E-state index in [-0.39, 0.29) is 41.4 Å². The molecule has 0 bridgehead atoms. The molecule has 6 nitrogen and oxygen atoms in total. The van der Waals surface area contributed by atoms with Gasteiger partial charge in [-0.15, -0.1) is 0 Å². The first-order chi connectivity index (χ1) is 7.90. The van der Waals surface area contributed by atoms with Gasteiger partial charge in [0.2, 0.25) is 0 Å². The van der Waals surface area contributed by atoms with Crippen molar-refractivity contribution in [1.29, 1.82) is 0 Å². The number of rotatable bonds is 5. The van der Waals surface area contributed by atoms with Crippen LogP contribution in [0.5, 0.6) is 5.75 Å². The molecular formula is C10H11NaO6S. The molecule has 0 aliphatic carbocycles. The minimum Gasteiger partial charge on any atom is -0.746 e. The van der Waals surface area contributed by atoms with Gasteiger partial charge in [-0.1, -0.05) is 12.1 Å². The van der Waals surface area contributed by atoms with E-state index in [4.69, 9.17) is 4.74 Å². The quantitative estimate of drug-likeness (QED) is 0.347. The van der Waals surface area contributed by atoms with Crippen molar-refractivity contribution in [2.24, 2.45) is 0 Å². The Morgan fingerprint density at radius 3 is 2.17 bits per heavy atom. The van der Waals surface area contributed by atoms with Crippen molar-refractivity contribution >= 4 is 16.4 Å². The summed E-state index contributed by atoms with van der Waals surface area (Å²) in [4.78, 5) is 10.8. The normalized spacial score (nSPS) is 14.2. The monoisotopic (exact) mass is 282 g/mol. The van der Waals surface area contributed by atoms with Crippen molar-refractivity contribution in [3.63, 3.8) is 0 Å². The van der Waals surface area contributed by atoms with Crippen LogP contribution in [0.15, 0.2) is 24.3 Å². The van der Waals surface area contributed by atoms with Crippen LogP contribution in [0.3, 0.4) is 0 Å². The van der Waals surface area contributed by atoms with Crippen molar-refractivity contribution in [3.05, 3.63) is 29.8 Å². The number of hydrogen-bond donors (Lipinski definition) is 1. The second-order valence-electron chi connectivity index (χ2n) is 3.32. The summed E-state index contributed by atoms with van der Waals surface area (Å²) in [6.07, 6.45) is 0.224. The van der Waals surface area contributed by atoms with Gasteiger partial charge in [0.1, 0.15) is 22.2 Å². The first-order valence-electron chi connectivity index (χ1n) is 4.62. The maximum Gasteiger partial charge on any atom is 1.00 e. The molecule has 0 aromatic heterocycles. The first kappa shape index (κ1) is 17.6. The van der Waals surface area contributed by atoms with E-state index in [0.717, 1.165) is 0 Å². The summed E-state index contributed by atoms with van der Waals surface area (Å²) in [7, 11) is -3.49. The molecule has 2 unspecified atom stereocenters. The van der Waals surface area contributed by atoms with Crippen LogP contribution in [0.1, 0.15) is 11.5 Å². The molecule has 1 aromatic rings. The molecule has 2 atom stereocenters. The van der Waals surface area contributed by atoms with Gasteiger partial charge in [0.25, 0.3) is 0 Å². The topological polar surface area (TPSA) is 104 Å². The van der Waals surface area contributed by atoms with Gasteiger partial charge in [-0.2, -0.15) is 0 Å². The molecule has 1 N–H and O–H groups in total. The number of methoxy groups -OCH3 is 1. The van der Waals surface area contributed by atoms with Crippen molar-refractivity contribution in [1.82, 2.24) is 0 Å². The van der Waals surface area contributed by atoms with Gasteiger partial charge in [-0.05, 0) is 17.7 Å². The van der Waals surface area contributed by atoms with Crippen molar-refractivity contribution < 1.29 is 57.2 Å². The Balaban J connectivity index is 0.00000289. The third-order valence-corrected chi connectivity index (χ3v) is 3.14. The minimum absolute atomic E-state index is 0. The van der Waals surface area contributed by atoms with Crippen molar-refractivity contribution in [3.8, 4) is 5.75 Å². The van der Waals surface area contributed by atoms with E-state index < -0.39 is 21.5 Å². The van der Waals surface area contributed by atoms with Gasteiger partial charge < -0.3 is 19.2 Å². The number of benzene rings is 1. The Hall–Kier alpha value is -0.440. The van der Waals surface area contributed by atoms with Crippen LogP contribution in [0.2, 0.25) is 0 Å². The van der Waals surface area contributed by atoms with E-state index >= 15 is 0 Å². The number of ether oxygens (including phenoxy) is 1. The summed E-state index contributed by atoms with van der Waals surface area (Å²) < 4.78 is 36.8. The molecule has 0 aliphatic rings. The number of aldehydes is 1. The molecule has 0 aliphatic heterocycles. The summed E-state index contributed by atoms with van der Waals surface area (Å²) in [5.41, 5.74) is -2.05. The Morgan fingerprint density at radius 1 is 1.33 bits per heavy atom. The van der Waals surface area contributed by atoms with Crippen LogP contribution in [0.4, 0.5) is 0 Å². The Kier molecular flexibility index (Phi) is 7.05. The minimum atomic E-state index is -4.93. The van der Waals surface area contributed by atoms with Crippen LogP contribution in [0.25, 0.3) is 0 Å². The molecule has 0 amide bonds. The Bertz CT molecular complexity index is 484. The largest absolute Gasteiger partial charge is 1.00 e. The van der Waals surface area contributed by atoms with E-state index in [0.29, 0.717) is 5.75 Å². The molecule has 0 saturated heterocycles. The molecule has 0 saturated carbocycles. The Morgan fingerprint density at radius 2 is 1.83 bits per heavy atom. The van der Waals surface area contributed by atoms with E-state index in [9.17, 15) is 22.9 Å². The molecule has 94 valence electrons. The molecule has 0 fully saturated rings. The number of carbonyl (C=O) groups is 1. The maximum absolute atomic E-state index is 10.8. The maximum atomic E-state index is 10.8. The third-order valence-electron chi connectivity index (χ3n) is 2.25. The fourth-order valence-corrected chi connectivity index (χ4v) is 1.90. The zero-order valence-corrected chi connectivity index (χ0v) is 12.8. The predicted octanol–water partition coefficient (Wildman–Crippen LogP) is -3.15. The van der Waals surface area contributed by atoms with Crippen molar-refractivity contribution in [2.75, 3.05) is 7.11 Å². The van der Waals surface area contributed by atoms with Crippen LogP contribution < -0.4 is 34.3 Å². The van der Waals surface area contributed by atoms with Gasteiger partial charge in [0.05, 0.1) is 13.0 Å². The number of hydrogen-bond acceptors (Lipinski definition) is 6. The third kappa shape index (κ3) is 4.34. The second kappa shape index (κ2) is 7.22. The van der Waals surface area contributed by atoms with Gasteiger partial charge in [-0.25, -0.2) is 8.42 Å². The Labute approximate surface area is 127 Å². The number of carbonyl (C=O) groups excluding carboxylic acids is 1. The fourth-order valence-electron chi connectivity index (χ4n) is 1.32. The molecule has 8 heteroatoms. The average Bonchev–Trinajstić information content (AvgIpc) is 2.29. The van der Waals surface area contributed by atoms with Gasteiger partial charge >= 0.3 is 29.6 Å². The zero-order valence-electron chi connectivity index (χ0n) is 9.94. The fraction of sp³-hybridized carbons (Fsp3) is 0.300. The van der Waals surface area contributed by atoms with Crippen LogP contribution in [-0.4, -0.2) is 36.9 Å². The van der Waals surface area contributed by atoms with Crippen LogP contribution in [0, 0.1) is 0 Å².